The van der Waals surface area contributed by atoms with E-state index in [1.165, 1.54) is 6.07 Å². The van der Waals surface area contributed by atoms with Crippen LogP contribution in [0.1, 0.15) is 11.3 Å². The summed E-state index contributed by atoms with van der Waals surface area (Å²) in [6.07, 6.45) is 0. The molecule has 0 radical (unpaired) electrons. The number of benzene rings is 1. The van der Waals surface area contributed by atoms with E-state index in [4.69, 9.17) is 0 Å². The molecule has 1 heterocycles. The Morgan fingerprint density at radius 1 is 1.18 bits per heavy atom. The molecule has 0 unspecified atom stereocenters. The van der Waals surface area contributed by atoms with Crippen molar-refractivity contribution >= 4 is 0 Å². The first-order chi connectivity index (χ1) is 8.11. The highest BCUT2D eigenvalue weighted by molar-refractivity contribution is 5.61. The van der Waals surface area contributed by atoms with Crippen molar-refractivity contribution in [3.05, 3.63) is 47.2 Å². The molecule has 0 fully saturated rings. The number of hydrogen-bond donors (Lipinski definition) is 2. The van der Waals surface area contributed by atoms with E-state index >= 15 is 0 Å². The molecule has 1 aromatic heterocycles. The van der Waals surface area contributed by atoms with Crippen LogP contribution in [0.4, 0.5) is 8.78 Å². The van der Waals surface area contributed by atoms with Crippen molar-refractivity contribution in [2.24, 2.45) is 0 Å². The molecule has 0 bridgehead atoms. The van der Waals surface area contributed by atoms with Gasteiger partial charge in [0.25, 0.3) is 0 Å². The minimum atomic E-state index is -0.829. The molecule has 2 rings (SSSR count). The van der Waals surface area contributed by atoms with E-state index in [1.54, 1.807) is 6.07 Å². The van der Waals surface area contributed by atoms with Crippen LogP contribution in [-0.2, 0) is 6.54 Å². The fourth-order valence-electron chi connectivity index (χ4n) is 1.79. The van der Waals surface area contributed by atoms with Gasteiger partial charge in [-0.3, -0.25) is 0 Å². The lowest BCUT2D eigenvalue weighted by Crippen LogP contribution is -2.04. The zero-order chi connectivity index (χ0) is 12.4. The van der Waals surface area contributed by atoms with Gasteiger partial charge in [-0.2, -0.15) is 0 Å². The molecule has 0 saturated heterocycles. The maximum atomic E-state index is 13.1. The van der Waals surface area contributed by atoms with Gasteiger partial charge in [-0.1, -0.05) is 0 Å². The molecule has 0 spiro atoms. The minimum Gasteiger partial charge on any atom is -0.358 e. The number of halogens is 2. The van der Waals surface area contributed by atoms with E-state index in [9.17, 15) is 8.78 Å². The van der Waals surface area contributed by atoms with Gasteiger partial charge in [0.15, 0.2) is 11.6 Å². The average Bonchev–Trinajstić information content (AvgIpc) is 2.65. The summed E-state index contributed by atoms with van der Waals surface area (Å²) in [4.78, 5) is 3.16. The number of aromatic amines is 1. The standard InChI is InChI=1S/C13H14F2N2/c1-8-10(7-16-2)6-13(17-8)9-3-4-11(14)12(15)5-9/h3-6,16-17H,7H2,1-2H3. The lowest BCUT2D eigenvalue weighted by molar-refractivity contribution is 0.509. The van der Waals surface area contributed by atoms with E-state index in [1.807, 2.05) is 20.0 Å². The summed E-state index contributed by atoms with van der Waals surface area (Å²) in [6, 6.07) is 5.84. The zero-order valence-electron chi connectivity index (χ0n) is 9.77. The summed E-state index contributed by atoms with van der Waals surface area (Å²) in [7, 11) is 1.86. The van der Waals surface area contributed by atoms with Gasteiger partial charge >= 0.3 is 0 Å². The molecular weight excluding hydrogens is 222 g/mol. The predicted molar refractivity (Wildman–Crippen MR) is 63.6 cm³/mol. The quantitative estimate of drug-likeness (QED) is 0.842. The van der Waals surface area contributed by atoms with Crippen molar-refractivity contribution in [3.8, 4) is 11.3 Å². The molecule has 0 aliphatic heterocycles. The van der Waals surface area contributed by atoms with Gasteiger partial charge in [-0.15, -0.1) is 0 Å². The topological polar surface area (TPSA) is 27.8 Å². The molecule has 1 aromatic carbocycles. The van der Waals surface area contributed by atoms with E-state index in [2.05, 4.69) is 10.3 Å². The molecule has 0 saturated carbocycles. The van der Waals surface area contributed by atoms with Crippen molar-refractivity contribution < 1.29 is 8.78 Å². The highest BCUT2D eigenvalue weighted by Gasteiger charge is 2.08. The molecule has 2 nitrogen and oxygen atoms in total. The number of aromatic nitrogens is 1. The normalized spacial score (nSPS) is 10.8. The molecule has 4 heteroatoms. The molecule has 0 aliphatic carbocycles. The van der Waals surface area contributed by atoms with Crippen LogP contribution in [0.5, 0.6) is 0 Å². The Bertz CT molecular complexity index is 532. The van der Waals surface area contributed by atoms with Crippen molar-refractivity contribution in [2.75, 3.05) is 7.05 Å². The summed E-state index contributed by atoms with van der Waals surface area (Å²) in [6.45, 7) is 2.70. The minimum absolute atomic E-state index is 0.648. The van der Waals surface area contributed by atoms with Gasteiger partial charge in [0, 0.05) is 23.5 Å². The Kier molecular flexibility index (Phi) is 3.24. The van der Waals surface area contributed by atoms with E-state index in [0.29, 0.717) is 5.56 Å². The van der Waals surface area contributed by atoms with Crippen molar-refractivity contribution in [1.29, 1.82) is 0 Å². The molecule has 0 atom stereocenters. The van der Waals surface area contributed by atoms with Crippen LogP contribution < -0.4 is 5.32 Å². The molecular formula is C13H14F2N2. The van der Waals surface area contributed by atoms with Crippen LogP contribution in [0, 0.1) is 18.6 Å². The summed E-state index contributed by atoms with van der Waals surface area (Å²) in [5.41, 5.74) is 3.59. The SMILES string of the molecule is CNCc1cc(-c2ccc(F)c(F)c2)[nH]c1C. The lowest BCUT2D eigenvalue weighted by Gasteiger charge is -1.98. The molecule has 17 heavy (non-hydrogen) atoms. The second-order valence-corrected chi connectivity index (χ2v) is 3.99. The van der Waals surface area contributed by atoms with Crippen LogP contribution in [0.15, 0.2) is 24.3 Å². The van der Waals surface area contributed by atoms with Crippen LogP contribution >= 0.6 is 0 Å². The third kappa shape index (κ3) is 2.36. The van der Waals surface area contributed by atoms with Gasteiger partial charge in [-0.25, -0.2) is 8.78 Å². The van der Waals surface area contributed by atoms with Gasteiger partial charge in [0.2, 0.25) is 0 Å². The lowest BCUT2D eigenvalue weighted by atomic mass is 10.1. The molecule has 0 aliphatic rings. The van der Waals surface area contributed by atoms with Crippen LogP contribution in [0.3, 0.4) is 0 Å². The molecule has 2 aromatic rings. The van der Waals surface area contributed by atoms with E-state index < -0.39 is 11.6 Å². The predicted octanol–water partition coefficient (Wildman–Crippen LogP) is 2.99. The number of hydrogen-bond acceptors (Lipinski definition) is 1. The Balaban J connectivity index is 2.39. The third-order valence-corrected chi connectivity index (χ3v) is 2.72. The third-order valence-electron chi connectivity index (χ3n) is 2.72. The first-order valence-corrected chi connectivity index (χ1v) is 5.40. The van der Waals surface area contributed by atoms with Crippen molar-refractivity contribution in [3.63, 3.8) is 0 Å². The fourth-order valence-corrected chi connectivity index (χ4v) is 1.79. The van der Waals surface area contributed by atoms with Crippen LogP contribution in [-0.4, -0.2) is 12.0 Å². The van der Waals surface area contributed by atoms with Gasteiger partial charge in [0.05, 0.1) is 0 Å². The van der Waals surface area contributed by atoms with Crippen LogP contribution in [0.2, 0.25) is 0 Å². The zero-order valence-corrected chi connectivity index (χ0v) is 9.77. The highest BCUT2D eigenvalue weighted by Crippen LogP contribution is 2.23. The number of H-pyrrole nitrogens is 1. The first kappa shape index (κ1) is 11.8. The molecule has 2 N–H and O–H groups in total. The van der Waals surface area contributed by atoms with Gasteiger partial charge in [0.1, 0.15) is 0 Å². The monoisotopic (exact) mass is 236 g/mol. The summed E-state index contributed by atoms with van der Waals surface area (Å²) in [5.74, 6) is -1.66. The first-order valence-electron chi connectivity index (χ1n) is 5.40. The smallest absolute Gasteiger partial charge is 0.159 e. The van der Waals surface area contributed by atoms with Gasteiger partial charge in [-0.05, 0) is 43.8 Å². The Morgan fingerprint density at radius 3 is 2.59 bits per heavy atom. The number of aryl methyl sites for hydroxylation is 1. The van der Waals surface area contributed by atoms with E-state index in [-0.39, 0.29) is 0 Å². The summed E-state index contributed by atoms with van der Waals surface area (Å²) >= 11 is 0. The average molecular weight is 236 g/mol. The largest absolute Gasteiger partial charge is 0.358 e. The second kappa shape index (κ2) is 4.67. The number of rotatable bonds is 3. The number of nitrogens with one attached hydrogen (secondary N) is 2. The highest BCUT2D eigenvalue weighted by atomic mass is 19.2. The maximum Gasteiger partial charge on any atom is 0.159 e. The maximum absolute atomic E-state index is 13.1. The Labute approximate surface area is 98.7 Å². The molecule has 90 valence electrons. The van der Waals surface area contributed by atoms with Crippen LogP contribution in [0.25, 0.3) is 11.3 Å². The second-order valence-electron chi connectivity index (χ2n) is 3.99. The van der Waals surface area contributed by atoms with Crippen molar-refractivity contribution in [1.82, 2.24) is 10.3 Å². The summed E-state index contributed by atoms with van der Waals surface area (Å²) in [5, 5.41) is 3.06. The Hall–Kier alpha value is -1.68. The molecule has 0 amide bonds. The van der Waals surface area contributed by atoms with E-state index in [0.717, 1.165) is 29.6 Å². The Morgan fingerprint density at radius 2 is 1.94 bits per heavy atom. The fraction of sp³-hybridized carbons (Fsp3) is 0.231. The van der Waals surface area contributed by atoms with Crippen molar-refractivity contribution in [2.45, 2.75) is 13.5 Å². The van der Waals surface area contributed by atoms with Gasteiger partial charge < -0.3 is 10.3 Å². The summed E-state index contributed by atoms with van der Waals surface area (Å²) < 4.78 is 25.9.